The lowest BCUT2D eigenvalue weighted by atomic mass is 10.1. The minimum Gasteiger partial charge on any atom is -0.369 e. The third-order valence-corrected chi connectivity index (χ3v) is 10.4. The van der Waals surface area contributed by atoms with E-state index >= 15 is 0 Å². The molecule has 11 heteroatoms. The molecule has 2 atom stereocenters. The standard InChI is InChI=1S/C26H32ClN5O3S2/c1-18-3-6-20(27)15-23(18)32-13-11-31(12-14-32)10-2-9-28-25(33)19-4-7-21(8-5-19)29-26-30-22-16-37(34,35)17-24(22)36-26/h3-8,15,22,24H,2,9-14,16-17H2,1H3,(H,28,33)(H,29,30)/t22-,24+/m1/s1. The van der Waals surface area contributed by atoms with Gasteiger partial charge in [0.05, 0.1) is 17.5 Å². The number of carbonyl (C=O) groups is 1. The van der Waals surface area contributed by atoms with Crippen molar-refractivity contribution in [3.63, 3.8) is 0 Å². The summed E-state index contributed by atoms with van der Waals surface area (Å²) in [5.74, 6) is 0.239. The van der Waals surface area contributed by atoms with Crippen molar-refractivity contribution in [3.8, 4) is 0 Å². The van der Waals surface area contributed by atoms with Crippen molar-refractivity contribution in [3.05, 3.63) is 58.6 Å². The van der Waals surface area contributed by atoms with E-state index in [-0.39, 0.29) is 28.7 Å². The summed E-state index contributed by atoms with van der Waals surface area (Å²) < 4.78 is 23.4. The summed E-state index contributed by atoms with van der Waals surface area (Å²) in [6, 6.07) is 13.2. The third-order valence-electron chi connectivity index (χ3n) is 7.04. The molecule has 0 saturated carbocycles. The van der Waals surface area contributed by atoms with Crippen LogP contribution in [0.25, 0.3) is 0 Å². The second kappa shape index (κ2) is 11.2. The highest BCUT2D eigenvalue weighted by Gasteiger charge is 2.42. The zero-order valence-corrected chi connectivity index (χ0v) is 23.2. The Morgan fingerprint density at radius 2 is 1.86 bits per heavy atom. The lowest BCUT2D eigenvalue weighted by Crippen LogP contribution is -2.47. The number of anilines is 2. The Morgan fingerprint density at radius 3 is 2.59 bits per heavy atom. The molecule has 8 nitrogen and oxygen atoms in total. The summed E-state index contributed by atoms with van der Waals surface area (Å²) in [5, 5.41) is 7.78. The summed E-state index contributed by atoms with van der Waals surface area (Å²) in [7, 11) is -2.96. The number of hydrogen-bond acceptors (Lipinski definition) is 8. The third kappa shape index (κ3) is 6.60. The van der Waals surface area contributed by atoms with Crippen molar-refractivity contribution in [2.45, 2.75) is 24.6 Å². The van der Waals surface area contributed by atoms with Gasteiger partial charge in [-0.15, -0.1) is 0 Å². The summed E-state index contributed by atoms with van der Waals surface area (Å²) in [6.45, 7) is 7.64. The Balaban J connectivity index is 1.01. The maximum atomic E-state index is 12.6. The molecular weight excluding hydrogens is 530 g/mol. The first-order chi connectivity index (χ1) is 17.8. The maximum Gasteiger partial charge on any atom is 0.251 e. The van der Waals surface area contributed by atoms with Crippen LogP contribution in [-0.2, 0) is 9.84 Å². The van der Waals surface area contributed by atoms with Crippen molar-refractivity contribution in [1.29, 1.82) is 0 Å². The van der Waals surface area contributed by atoms with Crippen molar-refractivity contribution < 1.29 is 13.2 Å². The second-order valence-corrected chi connectivity index (χ2v) is 13.6. The number of piperazine rings is 1. The molecular formula is C26H32ClN5O3S2. The molecule has 0 unspecified atom stereocenters. The van der Waals surface area contributed by atoms with E-state index < -0.39 is 9.84 Å². The molecule has 0 aromatic heterocycles. The summed E-state index contributed by atoms with van der Waals surface area (Å²) >= 11 is 7.67. The minimum absolute atomic E-state index is 0.00795. The Bertz CT molecular complexity index is 1280. The van der Waals surface area contributed by atoms with Gasteiger partial charge in [-0.3, -0.25) is 14.7 Å². The lowest BCUT2D eigenvalue weighted by Gasteiger charge is -2.37. The second-order valence-electron chi connectivity index (χ2n) is 9.81. The molecule has 2 aromatic carbocycles. The summed E-state index contributed by atoms with van der Waals surface area (Å²) in [4.78, 5) is 21.9. The molecule has 2 saturated heterocycles. The molecule has 5 rings (SSSR count). The van der Waals surface area contributed by atoms with Crippen LogP contribution in [0.15, 0.2) is 47.5 Å². The van der Waals surface area contributed by atoms with Crippen molar-refractivity contribution in [2.75, 3.05) is 61.0 Å². The molecule has 2 fully saturated rings. The quantitative estimate of drug-likeness (QED) is 0.501. The van der Waals surface area contributed by atoms with Gasteiger partial charge in [0.25, 0.3) is 5.91 Å². The monoisotopic (exact) mass is 561 g/mol. The lowest BCUT2D eigenvalue weighted by molar-refractivity contribution is 0.0951. The number of nitrogens with one attached hydrogen (secondary N) is 2. The Labute approximate surface area is 227 Å². The number of thioether (sulfide) groups is 1. The van der Waals surface area contributed by atoms with Crippen LogP contribution in [0.1, 0.15) is 22.3 Å². The van der Waals surface area contributed by atoms with E-state index in [1.165, 1.54) is 23.0 Å². The number of aliphatic imine (C=N–C) groups is 1. The number of aryl methyl sites for hydroxylation is 1. The van der Waals surface area contributed by atoms with Crippen molar-refractivity contribution >= 4 is 55.6 Å². The molecule has 1 amide bonds. The predicted octanol–water partition coefficient (Wildman–Crippen LogP) is 3.27. The highest BCUT2D eigenvalue weighted by atomic mass is 35.5. The molecule has 37 heavy (non-hydrogen) atoms. The van der Waals surface area contributed by atoms with E-state index in [0.717, 1.165) is 55.0 Å². The average Bonchev–Trinajstić information content (AvgIpc) is 3.36. The minimum atomic E-state index is -2.96. The summed E-state index contributed by atoms with van der Waals surface area (Å²) in [6.07, 6.45) is 0.899. The van der Waals surface area contributed by atoms with E-state index in [2.05, 4.69) is 38.4 Å². The number of nitrogens with zero attached hydrogens (tertiary/aromatic N) is 3. The number of carbonyl (C=O) groups excluding carboxylic acids is 1. The Morgan fingerprint density at radius 1 is 1.11 bits per heavy atom. The van der Waals surface area contributed by atoms with Crippen LogP contribution in [0.5, 0.6) is 0 Å². The number of benzene rings is 2. The van der Waals surface area contributed by atoms with Crippen molar-refractivity contribution in [1.82, 2.24) is 10.2 Å². The fraction of sp³-hybridized carbons (Fsp3) is 0.462. The van der Waals surface area contributed by atoms with Gasteiger partial charge in [-0.2, -0.15) is 0 Å². The zero-order chi connectivity index (χ0) is 26.0. The molecule has 3 aliphatic heterocycles. The predicted molar refractivity (Wildman–Crippen MR) is 153 cm³/mol. The van der Waals surface area contributed by atoms with Gasteiger partial charge in [0.2, 0.25) is 0 Å². The van der Waals surface area contributed by atoms with Crippen LogP contribution in [-0.4, -0.2) is 86.5 Å². The number of sulfone groups is 1. The molecule has 2 N–H and O–H groups in total. The fourth-order valence-corrected chi connectivity index (χ4v) is 8.83. The van der Waals surface area contributed by atoms with Gasteiger partial charge < -0.3 is 15.5 Å². The van der Waals surface area contributed by atoms with Gasteiger partial charge in [0.15, 0.2) is 15.0 Å². The van der Waals surface area contributed by atoms with Crippen LogP contribution in [0.3, 0.4) is 0 Å². The Kier molecular flexibility index (Phi) is 7.99. The number of amides is 1. The number of fused-ring (bicyclic) bond motifs is 1. The van der Waals surface area contributed by atoms with Gasteiger partial charge in [0.1, 0.15) is 0 Å². The average molecular weight is 562 g/mol. The first-order valence-electron chi connectivity index (χ1n) is 12.6. The van der Waals surface area contributed by atoms with Gasteiger partial charge in [-0.25, -0.2) is 8.42 Å². The van der Waals surface area contributed by atoms with Crippen LogP contribution >= 0.6 is 23.4 Å². The summed E-state index contributed by atoms with van der Waals surface area (Å²) in [5.41, 5.74) is 3.90. The molecule has 2 aromatic rings. The maximum absolute atomic E-state index is 12.6. The van der Waals surface area contributed by atoms with Crippen molar-refractivity contribution in [2.24, 2.45) is 4.99 Å². The zero-order valence-electron chi connectivity index (χ0n) is 20.8. The van der Waals surface area contributed by atoms with Crippen LogP contribution in [0.2, 0.25) is 5.02 Å². The van der Waals surface area contributed by atoms with Crippen LogP contribution in [0.4, 0.5) is 11.4 Å². The number of hydrogen-bond donors (Lipinski definition) is 2. The number of rotatable bonds is 7. The van der Waals surface area contributed by atoms with E-state index in [9.17, 15) is 13.2 Å². The van der Waals surface area contributed by atoms with Gasteiger partial charge in [-0.1, -0.05) is 29.4 Å². The topological polar surface area (TPSA) is 94.1 Å². The van der Waals surface area contributed by atoms with Gasteiger partial charge >= 0.3 is 0 Å². The smallest absolute Gasteiger partial charge is 0.251 e. The molecule has 0 spiro atoms. The molecule has 0 radical (unpaired) electrons. The SMILES string of the molecule is Cc1ccc(Cl)cc1N1CCN(CCCNC(=O)c2ccc(NC3=N[C@@H]4CS(=O)(=O)C[C@@H]4S3)cc2)CC1. The fourth-order valence-electron chi connectivity index (χ4n) is 4.99. The van der Waals surface area contributed by atoms with Gasteiger partial charge in [0, 0.05) is 59.9 Å². The normalized spacial score (nSPS) is 23.0. The van der Waals surface area contributed by atoms with Crippen LogP contribution in [0, 0.1) is 6.92 Å². The van der Waals surface area contributed by atoms with E-state index in [1.54, 1.807) is 12.1 Å². The van der Waals surface area contributed by atoms with Gasteiger partial charge in [-0.05, 0) is 61.9 Å². The first-order valence-corrected chi connectivity index (χ1v) is 15.7. The molecule has 3 aliphatic rings. The Hall–Kier alpha value is -2.27. The number of amidine groups is 1. The van der Waals surface area contributed by atoms with Crippen LogP contribution < -0.4 is 15.5 Å². The molecule has 3 heterocycles. The number of halogens is 1. The molecule has 0 aliphatic carbocycles. The van der Waals surface area contributed by atoms with E-state index in [1.807, 2.05) is 24.3 Å². The molecule has 0 bridgehead atoms. The highest BCUT2D eigenvalue weighted by molar-refractivity contribution is 8.15. The largest absolute Gasteiger partial charge is 0.369 e. The highest BCUT2D eigenvalue weighted by Crippen LogP contribution is 2.34. The first kappa shape index (κ1) is 26.3. The van der Waals surface area contributed by atoms with E-state index in [0.29, 0.717) is 12.1 Å². The van der Waals surface area contributed by atoms with E-state index in [4.69, 9.17) is 11.6 Å². The molecule has 198 valence electrons.